The fourth-order valence-electron chi connectivity index (χ4n) is 2.81. The molecule has 0 radical (unpaired) electrons. The van der Waals surface area contributed by atoms with Gasteiger partial charge in [0.15, 0.2) is 0 Å². The molecule has 0 aliphatic carbocycles. The van der Waals surface area contributed by atoms with Crippen LogP contribution >= 0.6 is 11.6 Å². The number of carbonyl (C=O) groups is 1. The molecule has 0 saturated carbocycles. The smallest absolute Gasteiger partial charge is 0.271 e. The van der Waals surface area contributed by atoms with Gasteiger partial charge in [0.2, 0.25) is 0 Å². The van der Waals surface area contributed by atoms with Gasteiger partial charge in [-0.15, -0.1) is 0 Å². The second kappa shape index (κ2) is 10.1. The number of nitrogens with one attached hydrogen (secondary N) is 1. The molecule has 6 nitrogen and oxygen atoms in total. The lowest BCUT2D eigenvalue weighted by Crippen LogP contribution is -2.39. The van der Waals surface area contributed by atoms with Gasteiger partial charge in [0.25, 0.3) is 15.9 Å². The van der Waals surface area contributed by atoms with Crippen LogP contribution in [0.4, 0.5) is 18.9 Å². The van der Waals surface area contributed by atoms with Crippen LogP contribution in [-0.4, -0.2) is 27.1 Å². The highest BCUT2D eigenvalue weighted by molar-refractivity contribution is 7.92. The molecule has 0 spiro atoms. The van der Waals surface area contributed by atoms with Gasteiger partial charge in [-0.1, -0.05) is 48.0 Å². The minimum atomic E-state index is -4.52. The van der Waals surface area contributed by atoms with Crippen molar-refractivity contribution >= 4 is 39.4 Å². The monoisotopic (exact) mass is 495 g/mol. The summed E-state index contributed by atoms with van der Waals surface area (Å²) in [5.74, 6) is -0.808. The lowest BCUT2D eigenvalue weighted by atomic mass is 10.1. The first-order valence-electron chi connectivity index (χ1n) is 9.40. The number of anilines is 1. The highest BCUT2D eigenvalue weighted by atomic mass is 35.5. The fraction of sp³-hybridized carbons (Fsp3) is 0.0909. The molecule has 3 rings (SSSR count). The van der Waals surface area contributed by atoms with Crippen molar-refractivity contribution in [2.75, 3.05) is 10.8 Å². The van der Waals surface area contributed by atoms with E-state index in [-0.39, 0.29) is 21.2 Å². The van der Waals surface area contributed by atoms with E-state index in [9.17, 15) is 26.4 Å². The van der Waals surface area contributed by atoms with E-state index in [1.807, 2.05) is 0 Å². The molecule has 0 saturated heterocycles. The predicted molar refractivity (Wildman–Crippen MR) is 120 cm³/mol. The molecule has 0 aliphatic heterocycles. The van der Waals surface area contributed by atoms with E-state index in [2.05, 4.69) is 10.5 Å². The number of nitrogens with zero attached hydrogens (tertiary/aromatic N) is 2. The van der Waals surface area contributed by atoms with Crippen LogP contribution in [0.15, 0.2) is 88.9 Å². The molecule has 3 aromatic rings. The maximum Gasteiger partial charge on any atom is 0.416 e. The van der Waals surface area contributed by atoms with Crippen molar-refractivity contribution in [2.24, 2.45) is 5.10 Å². The van der Waals surface area contributed by atoms with Crippen molar-refractivity contribution in [3.8, 4) is 0 Å². The first kappa shape index (κ1) is 24.3. The van der Waals surface area contributed by atoms with Crippen LogP contribution in [0.25, 0.3) is 0 Å². The average molecular weight is 496 g/mol. The molecule has 0 aromatic heterocycles. The van der Waals surface area contributed by atoms with E-state index in [4.69, 9.17) is 11.6 Å². The van der Waals surface area contributed by atoms with Crippen molar-refractivity contribution < 1.29 is 26.4 Å². The maximum absolute atomic E-state index is 13.2. The molecule has 0 atom stereocenters. The molecule has 0 heterocycles. The number of carbonyl (C=O) groups excluding carboxylic acids is 1. The molecule has 33 heavy (non-hydrogen) atoms. The summed E-state index contributed by atoms with van der Waals surface area (Å²) >= 11 is 5.99. The molecule has 0 fully saturated rings. The summed E-state index contributed by atoms with van der Waals surface area (Å²) in [4.78, 5) is 12.4. The predicted octanol–water partition coefficient (Wildman–Crippen LogP) is 4.70. The van der Waals surface area contributed by atoms with Crippen LogP contribution in [-0.2, 0) is 21.0 Å². The number of alkyl halides is 3. The number of rotatable bonds is 7. The van der Waals surface area contributed by atoms with Gasteiger partial charge in [-0.2, -0.15) is 18.3 Å². The van der Waals surface area contributed by atoms with Crippen LogP contribution in [0, 0.1) is 0 Å². The third-order valence-corrected chi connectivity index (χ3v) is 6.35. The van der Waals surface area contributed by atoms with E-state index >= 15 is 0 Å². The maximum atomic E-state index is 13.2. The van der Waals surface area contributed by atoms with Gasteiger partial charge < -0.3 is 0 Å². The Morgan fingerprint density at radius 2 is 1.70 bits per heavy atom. The Balaban J connectivity index is 1.81. The second-order valence-electron chi connectivity index (χ2n) is 6.72. The van der Waals surface area contributed by atoms with Crippen LogP contribution in [0.2, 0.25) is 5.02 Å². The molecule has 11 heteroatoms. The fourth-order valence-corrected chi connectivity index (χ4v) is 4.42. The number of amides is 1. The van der Waals surface area contributed by atoms with Crippen molar-refractivity contribution in [3.63, 3.8) is 0 Å². The topological polar surface area (TPSA) is 78.8 Å². The standard InChI is InChI=1S/C22H17ClF3N3O3S/c23-18-8-5-9-19(13-18)29(33(31,32)20-10-2-1-3-11-20)15-21(30)28-27-14-16-6-4-7-17(12-16)22(24,25)26/h1-14H,15H2,(H,28,30)/b27-14+. The van der Waals surface area contributed by atoms with E-state index in [1.54, 1.807) is 24.3 Å². The Kier molecular flexibility index (Phi) is 7.39. The molecule has 1 N–H and O–H groups in total. The van der Waals surface area contributed by atoms with Crippen molar-refractivity contribution in [3.05, 3.63) is 95.0 Å². The zero-order chi connectivity index (χ0) is 24.1. The number of benzene rings is 3. The molecule has 0 unspecified atom stereocenters. The summed E-state index contributed by atoms with van der Waals surface area (Å²) in [6, 6.07) is 17.8. The van der Waals surface area contributed by atoms with Gasteiger partial charge in [-0.05, 0) is 48.0 Å². The van der Waals surface area contributed by atoms with Crippen molar-refractivity contribution in [1.82, 2.24) is 5.43 Å². The number of hydrogen-bond acceptors (Lipinski definition) is 4. The minimum absolute atomic E-state index is 0.0368. The number of hydrazone groups is 1. The van der Waals surface area contributed by atoms with E-state index in [0.29, 0.717) is 0 Å². The quantitative estimate of drug-likeness (QED) is 0.381. The van der Waals surface area contributed by atoms with Crippen molar-refractivity contribution in [2.45, 2.75) is 11.1 Å². The lowest BCUT2D eigenvalue weighted by Gasteiger charge is -2.23. The van der Waals surface area contributed by atoms with Gasteiger partial charge in [0, 0.05) is 5.02 Å². The molecule has 172 valence electrons. The van der Waals surface area contributed by atoms with Gasteiger partial charge in [-0.25, -0.2) is 13.8 Å². The lowest BCUT2D eigenvalue weighted by molar-refractivity contribution is -0.137. The van der Waals surface area contributed by atoms with Crippen LogP contribution in [0.5, 0.6) is 0 Å². The SMILES string of the molecule is O=C(CN(c1cccc(Cl)c1)S(=O)(=O)c1ccccc1)N/N=C/c1cccc(C(F)(F)F)c1. The normalized spacial score (nSPS) is 12.0. The number of hydrogen-bond donors (Lipinski definition) is 1. The Bertz CT molecular complexity index is 1270. The Hall–Kier alpha value is -3.37. The van der Waals surface area contributed by atoms with Gasteiger partial charge in [0.05, 0.1) is 22.4 Å². The van der Waals surface area contributed by atoms with Crippen molar-refractivity contribution in [1.29, 1.82) is 0 Å². The highest BCUT2D eigenvalue weighted by Gasteiger charge is 2.30. The van der Waals surface area contributed by atoms with Gasteiger partial charge in [0.1, 0.15) is 6.54 Å². The Labute approximate surface area is 193 Å². The van der Waals surface area contributed by atoms with Crippen LogP contribution < -0.4 is 9.73 Å². The summed E-state index contributed by atoms with van der Waals surface area (Å²) in [6.07, 6.45) is -3.49. The Morgan fingerprint density at radius 1 is 1.00 bits per heavy atom. The molecular formula is C22H17ClF3N3O3S. The number of sulfonamides is 1. The first-order valence-corrected chi connectivity index (χ1v) is 11.2. The van der Waals surface area contributed by atoms with E-state index < -0.39 is 34.2 Å². The summed E-state index contributed by atoms with van der Waals surface area (Å²) in [5.41, 5.74) is 1.54. The molecule has 0 aliphatic rings. The summed E-state index contributed by atoms with van der Waals surface area (Å²) in [7, 11) is -4.13. The highest BCUT2D eigenvalue weighted by Crippen LogP contribution is 2.29. The van der Waals surface area contributed by atoms with Gasteiger partial charge >= 0.3 is 6.18 Å². The molecule has 1 amide bonds. The van der Waals surface area contributed by atoms with Crippen LogP contribution in [0.1, 0.15) is 11.1 Å². The number of halogens is 4. The Morgan fingerprint density at radius 3 is 2.36 bits per heavy atom. The van der Waals surface area contributed by atoms with Crippen LogP contribution in [0.3, 0.4) is 0 Å². The zero-order valence-electron chi connectivity index (χ0n) is 16.8. The van der Waals surface area contributed by atoms with E-state index in [0.717, 1.165) is 22.7 Å². The average Bonchev–Trinajstić information content (AvgIpc) is 2.77. The zero-order valence-corrected chi connectivity index (χ0v) is 18.4. The largest absolute Gasteiger partial charge is 0.416 e. The second-order valence-corrected chi connectivity index (χ2v) is 9.02. The van der Waals surface area contributed by atoms with Gasteiger partial charge in [-0.3, -0.25) is 9.10 Å². The third kappa shape index (κ3) is 6.33. The molecule has 3 aromatic carbocycles. The summed E-state index contributed by atoms with van der Waals surface area (Å²) in [6.45, 7) is -0.641. The molecule has 0 bridgehead atoms. The van der Waals surface area contributed by atoms with E-state index in [1.165, 1.54) is 42.5 Å². The summed E-state index contributed by atoms with van der Waals surface area (Å²) < 4.78 is 65.6. The minimum Gasteiger partial charge on any atom is -0.271 e. The summed E-state index contributed by atoms with van der Waals surface area (Å²) in [5, 5.41) is 3.91. The first-order chi connectivity index (χ1) is 15.6. The third-order valence-electron chi connectivity index (χ3n) is 4.33. The molecular weight excluding hydrogens is 479 g/mol.